The summed E-state index contributed by atoms with van der Waals surface area (Å²) in [6.07, 6.45) is 7.84. The molecule has 0 radical (unpaired) electrons. The molecule has 4 rings (SSSR count). The number of rotatable bonds is 5. The molecule has 0 bridgehead atoms. The molecule has 2 heterocycles. The standard InChI is InChI=1S/C22H25N3O2/c26-21(20-13-19(20)18-8-5-9-23-15-18)24-14-16-6-4-7-17(12-16)22(27)25-10-2-1-3-11-25/h4-9,12,15,19-20H,1-3,10-11,13-14H2,(H,24,26)/t19-,20+/m1/s1. The third-order valence-corrected chi connectivity index (χ3v) is 5.52. The van der Waals surface area contributed by atoms with Crippen LogP contribution in [-0.4, -0.2) is 34.8 Å². The smallest absolute Gasteiger partial charge is 0.253 e. The summed E-state index contributed by atoms with van der Waals surface area (Å²) in [5, 5.41) is 3.02. The molecule has 1 saturated carbocycles. The Bertz CT molecular complexity index is 815. The van der Waals surface area contributed by atoms with Crippen molar-refractivity contribution in [3.05, 3.63) is 65.5 Å². The van der Waals surface area contributed by atoms with Crippen molar-refractivity contribution in [3.8, 4) is 0 Å². The molecule has 0 spiro atoms. The second-order valence-corrected chi connectivity index (χ2v) is 7.51. The van der Waals surface area contributed by atoms with Crippen LogP contribution in [-0.2, 0) is 11.3 Å². The Hall–Kier alpha value is -2.69. The van der Waals surface area contributed by atoms with Gasteiger partial charge < -0.3 is 10.2 Å². The zero-order valence-corrected chi connectivity index (χ0v) is 15.4. The van der Waals surface area contributed by atoms with Crippen LogP contribution in [0.25, 0.3) is 0 Å². The van der Waals surface area contributed by atoms with Gasteiger partial charge in [-0.3, -0.25) is 14.6 Å². The first-order chi connectivity index (χ1) is 13.2. The van der Waals surface area contributed by atoms with Crippen molar-refractivity contribution in [1.82, 2.24) is 15.2 Å². The molecule has 0 unspecified atom stereocenters. The van der Waals surface area contributed by atoms with Crippen LogP contribution < -0.4 is 5.32 Å². The second kappa shape index (κ2) is 7.91. The lowest BCUT2D eigenvalue weighted by Gasteiger charge is -2.26. The Labute approximate surface area is 159 Å². The van der Waals surface area contributed by atoms with E-state index in [0.717, 1.165) is 43.5 Å². The predicted octanol–water partition coefficient (Wildman–Crippen LogP) is 3.13. The lowest BCUT2D eigenvalue weighted by Crippen LogP contribution is -2.35. The molecule has 140 valence electrons. The van der Waals surface area contributed by atoms with E-state index in [-0.39, 0.29) is 23.7 Å². The lowest BCUT2D eigenvalue weighted by molar-refractivity contribution is -0.122. The van der Waals surface area contributed by atoms with Crippen molar-refractivity contribution in [2.24, 2.45) is 5.92 Å². The van der Waals surface area contributed by atoms with Gasteiger partial charge in [0.05, 0.1) is 0 Å². The van der Waals surface area contributed by atoms with E-state index in [1.165, 1.54) is 6.42 Å². The number of carbonyl (C=O) groups excluding carboxylic acids is 2. The van der Waals surface area contributed by atoms with Crippen LogP contribution in [0.1, 0.15) is 53.1 Å². The number of piperidine rings is 1. The number of nitrogens with one attached hydrogen (secondary N) is 1. The number of nitrogens with zero attached hydrogens (tertiary/aromatic N) is 2. The topological polar surface area (TPSA) is 62.3 Å². The third kappa shape index (κ3) is 4.18. The normalized spacial score (nSPS) is 21.6. The number of likely N-dealkylation sites (tertiary alicyclic amines) is 1. The highest BCUT2D eigenvalue weighted by molar-refractivity contribution is 5.94. The van der Waals surface area contributed by atoms with Gasteiger partial charge in [0.1, 0.15) is 0 Å². The Kier molecular flexibility index (Phi) is 5.19. The predicted molar refractivity (Wildman–Crippen MR) is 103 cm³/mol. The van der Waals surface area contributed by atoms with E-state index in [2.05, 4.69) is 10.3 Å². The fourth-order valence-corrected chi connectivity index (χ4v) is 3.86. The largest absolute Gasteiger partial charge is 0.352 e. The molecule has 5 nitrogen and oxygen atoms in total. The van der Waals surface area contributed by atoms with Crippen LogP contribution in [0.2, 0.25) is 0 Å². The maximum Gasteiger partial charge on any atom is 0.253 e. The van der Waals surface area contributed by atoms with Gasteiger partial charge in [0.15, 0.2) is 0 Å². The van der Waals surface area contributed by atoms with Gasteiger partial charge in [0, 0.05) is 43.5 Å². The minimum atomic E-state index is 0.0346. The Balaban J connectivity index is 1.32. The number of amides is 2. The molecule has 2 amide bonds. The van der Waals surface area contributed by atoms with Gasteiger partial charge in [0.25, 0.3) is 5.91 Å². The van der Waals surface area contributed by atoms with E-state index < -0.39 is 0 Å². The van der Waals surface area contributed by atoms with Gasteiger partial charge in [0.2, 0.25) is 5.91 Å². The van der Waals surface area contributed by atoms with E-state index >= 15 is 0 Å². The molecule has 5 heteroatoms. The molecule has 1 aromatic heterocycles. The molecular weight excluding hydrogens is 338 g/mol. The molecule has 27 heavy (non-hydrogen) atoms. The maximum absolute atomic E-state index is 12.6. The molecular formula is C22H25N3O2. The van der Waals surface area contributed by atoms with E-state index in [4.69, 9.17) is 0 Å². The summed E-state index contributed by atoms with van der Waals surface area (Å²) in [5.41, 5.74) is 2.81. The molecule has 1 aliphatic carbocycles. The first-order valence-corrected chi connectivity index (χ1v) is 9.78. The minimum absolute atomic E-state index is 0.0346. The Morgan fingerprint density at radius 2 is 1.96 bits per heavy atom. The van der Waals surface area contributed by atoms with Crippen molar-refractivity contribution < 1.29 is 9.59 Å². The summed E-state index contributed by atoms with van der Waals surface area (Å²) in [7, 11) is 0. The van der Waals surface area contributed by atoms with Crippen LogP contribution in [0, 0.1) is 5.92 Å². The summed E-state index contributed by atoms with van der Waals surface area (Å²) >= 11 is 0. The Morgan fingerprint density at radius 3 is 2.74 bits per heavy atom. The number of hydrogen-bond acceptors (Lipinski definition) is 3. The summed E-state index contributed by atoms with van der Waals surface area (Å²) in [6.45, 7) is 2.14. The molecule has 1 saturated heterocycles. The molecule has 1 N–H and O–H groups in total. The van der Waals surface area contributed by atoms with Crippen LogP contribution in [0.4, 0.5) is 0 Å². The van der Waals surface area contributed by atoms with E-state index in [1.54, 1.807) is 6.20 Å². The van der Waals surface area contributed by atoms with Crippen molar-refractivity contribution in [2.45, 2.75) is 38.1 Å². The molecule has 2 atom stereocenters. The van der Waals surface area contributed by atoms with E-state index in [0.29, 0.717) is 12.1 Å². The maximum atomic E-state index is 12.6. The molecule has 1 aromatic carbocycles. The first-order valence-electron chi connectivity index (χ1n) is 9.78. The highest BCUT2D eigenvalue weighted by Gasteiger charge is 2.43. The van der Waals surface area contributed by atoms with Crippen LogP contribution in [0.15, 0.2) is 48.8 Å². The van der Waals surface area contributed by atoms with Crippen molar-refractivity contribution in [1.29, 1.82) is 0 Å². The van der Waals surface area contributed by atoms with Crippen LogP contribution >= 0.6 is 0 Å². The highest BCUT2D eigenvalue weighted by atomic mass is 16.2. The van der Waals surface area contributed by atoms with Crippen LogP contribution in [0.3, 0.4) is 0 Å². The molecule has 2 fully saturated rings. The van der Waals surface area contributed by atoms with E-state index in [9.17, 15) is 9.59 Å². The van der Waals surface area contributed by atoms with E-state index in [1.807, 2.05) is 47.5 Å². The van der Waals surface area contributed by atoms with Crippen molar-refractivity contribution >= 4 is 11.8 Å². The number of carbonyl (C=O) groups is 2. The lowest BCUT2D eigenvalue weighted by atomic mass is 10.1. The van der Waals surface area contributed by atoms with Gasteiger partial charge in [-0.2, -0.15) is 0 Å². The SMILES string of the molecule is O=C(NCc1cccc(C(=O)N2CCCCC2)c1)[C@H]1C[C@@H]1c1cccnc1. The number of hydrogen-bond donors (Lipinski definition) is 1. The molecule has 2 aromatic rings. The quantitative estimate of drug-likeness (QED) is 0.888. The molecule has 1 aliphatic heterocycles. The second-order valence-electron chi connectivity index (χ2n) is 7.51. The number of aromatic nitrogens is 1. The summed E-state index contributed by atoms with van der Waals surface area (Å²) in [5.74, 6) is 0.497. The van der Waals surface area contributed by atoms with Gasteiger partial charge >= 0.3 is 0 Å². The Morgan fingerprint density at radius 1 is 1.11 bits per heavy atom. The van der Waals surface area contributed by atoms with Gasteiger partial charge in [-0.25, -0.2) is 0 Å². The van der Waals surface area contributed by atoms with Crippen LogP contribution in [0.5, 0.6) is 0 Å². The fraction of sp³-hybridized carbons (Fsp3) is 0.409. The average Bonchev–Trinajstić information content (AvgIpc) is 3.54. The number of pyridine rings is 1. The summed E-state index contributed by atoms with van der Waals surface area (Å²) in [4.78, 5) is 31.1. The zero-order valence-electron chi connectivity index (χ0n) is 15.4. The first kappa shape index (κ1) is 17.7. The summed E-state index contributed by atoms with van der Waals surface area (Å²) in [6, 6.07) is 11.6. The average molecular weight is 363 g/mol. The highest BCUT2D eigenvalue weighted by Crippen LogP contribution is 2.47. The zero-order chi connectivity index (χ0) is 18.6. The van der Waals surface area contributed by atoms with Gasteiger partial charge in [-0.15, -0.1) is 0 Å². The van der Waals surface area contributed by atoms with Gasteiger partial charge in [-0.1, -0.05) is 18.2 Å². The number of benzene rings is 1. The van der Waals surface area contributed by atoms with Crippen molar-refractivity contribution in [2.75, 3.05) is 13.1 Å². The summed E-state index contributed by atoms with van der Waals surface area (Å²) < 4.78 is 0. The van der Waals surface area contributed by atoms with Gasteiger partial charge in [-0.05, 0) is 60.9 Å². The third-order valence-electron chi connectivity index (χ3n) is 5.52. The van der Waals surface area contributed by atoms with Crippen molar-refractivity contribution in [3.63, 3.8) is 0 Å². The minimum Gasteiger partial charge on any atom is -0.352 e. The fourth-order valence-electron chi connectivity index (χ4n) is 3.86. The molecule has 2 aliphatic rings. The monoisotopic (exact) mass is 363 g/mol.